The van der Waals surface area contributed by atoms with E-state index in [1.807, 2.05) is 22.6 Å². The Morgan fingerprint density at radius 3 is 2.11 bits per heavy atom. The zero-order valence-electron chi connectivity index (χ0n) is 15.6. The molecule has 0 aromatic heterocycles. The lowest BCUT2D eigenvalue weighted by Crippen LogP contribution is -2.27. The molecule has 1 heterocycles. The van der Waals surface area contributed by atoms with Crippen molar-refractivity contribution < 1.29 is 33.3 Å². The standard InChI is InChI=1S/C19H18INO7/c1-25-15-10-14(13(20)9-12(15)18(23)27-3)21-8-6-5-7-11(17(22)26-2)16(21)19(24)28-4/h5-10H,1-4H3. The van der Waals surface area contributed by atoms with Gasteiger partial charge in [-0.1, -0.05) is 6.08 Å². The number of rotatable bonds is 5. The Morgan fingerprint density at radius 1 is 0.893 bits per heavy atom. The van der Waals surface area contributed by atoms with Crippen LogP contribution >= 0.6 is 22.6 Å². The number of esters is 3. The first-order valence-corrected chi connectivity index (χ1v) is 8.98. The molecular formula is C19H18INO7. The molecule has 0 fully saturated rings. The number of halogens is 1. The predicted octanol–water partition coefficient (Wildman–Crippen LogP) is 2.58. The summed E-state index contributed by atoms with van der Waals surface area (Å²) in [7, 11) is 5.12. The van der Waals surface area contributed by atoms with Gasteiger partial charge in [-0.2, -0.15) is 0 Å². The zero-order valence-corrected chi connectivity index (χ0v) is 17.8. The second-order valence-electron chi connectivity index (χ2n) is 5.31. The first kappa shape index (κ1) is 21.5. The minimum absolute atomic E-state index is 0.0196. The molecule has 9 heteroatoms. The monoisotopic (exact) mass is 499 g/mol. The van der Waals surface area contributed by atoms with Gasteiger partial charge >= 0.3 is 17.9 Å². The molecule has 2 rings (SSSR count). The number of hydrogen-bond donors (Lipinski definition) is 0. The molecule has 0 saturated carbocycles. The average Bonchev–Trinajstić information content (AvgIpc) is 2.94. The summed E-state index contributed by atoms with van der Waals surface area (Å²) in [4.78, 5) is 38.2. The number of carbonyl (C=O) groups is 3. The summed E-state index contributed by atoms with van der Waals surface area (Å²) in [6.07, 6.45) is 6.30. The Balaban J connectivity index is 2.74. The molecule has 0 bridgehead atoms. The van der Waals surface area contributed by atoms with Crippen molar-refractivity contribution in [1.29, 1.82) is 0 Å². The maximum Gasteiger partial charge on any atom is 0.355 e. The van der Waals surface area contributed by atoms with E-state index >= 15 is 0 Å². The van der Waals surface area contributed by atoms with E-state index in [9.17, 15) is 14.4 Å². The summed E-state index contributed by atoms with van der Waals surface area (Å²) in [6, 6.07) is 3.14. The number of methoxy groups -OCH3 is 4. The minimum atomic E-state index is -0.733. The van der Waals surface area contributed by atoms with Gasteiger partial charge < -0.3 is 23.8 Å². The van der Waals surface area contributed by atoms with Gasteiger partial charge in [-0.3, -0.25) is 0 Å². The zero-order chi connectivity index (χ0) is 20.8. The van der Waals surface area contributed by atoms with Gasteiger partial charge in [0.25, 0.3) is 0 Å². The van der Waals surface area contributed by atoms with Gasteiger partial charge in [0.1, 0.15) is 17.0 Å². The van der Waals surface area contributed by atoms with Crippen molar-refractivity contribution in [3.63, 3.8) is 0 Å². The van der Waals surface area contributed by atoms with Crippen molar-refractivity contribution in [1.82, 2.24) is 0 Å². The number of anilines is 1. The molecule has 0 amide bonds. The van der Waals surface area contributed by atoms with Crippen LogP contribution in [-0.2, 0) is 23.8 Å². The summed E-state index contributed by atoms with van der Waals surface area (Å²) in [5, 5.41) is 0. The van der Waals surface area contributed by atoms with Crippen molar-refractivity contribution in [3.05, 3.63) is 57.0 Å². The number of benzene rings is 1. The number of nitrogens with zero attached hydrogens (tertiary/aromatic N) is 1. The van der Waals surface area contributed by atoms with E-state index < -0.39 is 17.9 Å². The van der Waals surface area contributed by atoms with Crippen LogP contribution in [0.1, 0.15) is 10.4 Å². The van der Waals surface area contributed by atoms with E-state index in [0.717, 1.165) is 0 Å². The first-order chi connectivity index (χ1) is 13.4. The lowest BCUT2D eigenvalue weighted by atomic mass is 10.1. The van der Waals surface area contributed by atoms with E-state index in [1.54, 1.807) is 30.5 Å². The molecule has 8 nitrogen and oxygen atoms in total. The average molecular weight is 499 g/mol. The first-order valence-electron chi connectivity index (χ1n) is 7.90. The number of carbonyl (C=O) groups excluding carboxylic acids is 3. The highest BCUT2D eigenvalue weighted by atomic mass is 127. The Bertz CT molecular complexity index is 902. The fourth-order valence-electron chi connectivity index (χ4n) is 2.52. The second kappa shape index (κ2) is 9.40. The van der Waals surface area contributed by atoms with Gasteiger partial charge in [0.2, 0.25) is 0 Å². The molecule has 0 saturated heterocycles. The third kappa shape index (κ3) is 4.19. The smallest absolute Gasteiger partial charge is 0.355 e. The molecule has 148 valence electrons. The lowest BCUT2D eigenvalue weighted by Gasteiger charge is -2.25. The predicted molar refractivity (Wildman–Crippen MR) is 109 cm³/mol. The Hall–Kier alpha value is -2.82. The van der Waals surface area contributed by atoms with Crippen molar-refractivity contribution in [2.24, 2.45) is 0 Å². The third-order valence-corrected chi connectivity index (χ3v) is 4.69. The quantitative estimate of drug-likeness (QED) is 0.347. The van der Waals surface area contributed by atoms with Crippen LogP contribution in [0, 0.1) is 3.57 Å². The molecule has 0 spiro atoms. The fourth-order valence-corrected chi connectivity index (χ4v) is 3.24. The van der Waals surface area contributed by atoms with Crippen LogP contribution < -0.4 is 9.64 Å². The molecular weight excluding hydrogens is 481 g/mol. The minimum Gasteiger partial charge on any atom is -0.496 e. The van der Waals surface area contributed by atoms with E-state index in [2.05, 4.69) is 0 Å². The maximum atomic E-state index is 12.5. The second-order valence-corrected chi connectivity index (χ2v) is 6.47. The van der Waals surface area contributed by atoms with E-state index in [-0.39, 0.29) is 22.6 Å². The fraction of sp³-hybridized carbons (Fsp3) is 0.211. The van der Waals surface area contributed by atoms with Crippen molar-refractivity contribution in [3.8, 4) is 5.75 Å². The van der Waals surface area contributed by atoms with Crippen LogP contribution in [0.2, 0.25) is 0 Å². The maximum absolute atomic E-state index is 12.5. The number of ether oxygens (including phenoxy) is 4. The molecule has 0 unspecified atom stereocenters. The van der Waals surface area contributed by atoms with Gasteiger partial charge in [0, 0.05) is 15.8 Å². The van der Waals surface area contributed by atoms with Crippen LogP contribution in [0.5, 0.6) is 5.75 Å². The molecule has 1 aliphatic rings. The Labute approximate surface area is 175 Å². The van der Waals surface area contributed by atoms with Gasteiger partial charge in [-0.15, -0.1) is 0 Å². The Morgan fingerprint density at radius 2 is 1.54 bits per heavy atom. The van der Waals surface area contributed by atoms with E-state index in [1.165, 1.54) is 39.4 Å². The lowest BCUT2D eigenvalue weighted by molar-refractivity contribution is -0.139. The van der Waals surface area contributed by atoms with Crippen molar-refractivity contribution in [2.75, 3.05) is 33.3 Å². The van der Waals surface area contributed by atoms with Crippen molar-refractivity contribution >= 4 is 46.2 Å². The summed E-state index contributed by atoms with van der Waals surface area (Å²) in [5.74, 6) is -1.74. The van der Waals surface area contributed by atoms with Crippen LogP contribution in [0.4, 0.5) is 5.69 Å². The van der Waals surface area contributed by atoms with Crippen molar-refractivity contribution in [2.45, 2.75) is 0 Å². The van der Waals surface area contributed by atoms with Crippen LogP contribution in [0.3, 0.4) is 0 Å². The highest BCUT2D eigenvalue weighted by Crippen LogP contribution is 2.35. The van der Waals surface area contributed by atoms with Crippen LogP contribution in [0.25, 0.3) is 0 Å². The summed E-state index contributed by atoms with van der Waals surface area (Å²) in [6.45, 7) is 0. The molecule has 28 heavy (non-hydrogen) atoms. The topological polar surface area (TPSA) is 91.4 Å². The van der Waals surface area contributed by atoms with Gasteiger partial charge in [-0.05, 0) is 40.8 Å². The molecule has 1 aromatic rings. The molecule has 1 aliphatic heterocycles. The third-order valence-electron chi connectivity index (χ3n) is 3.82. The number of allylic oxidation sites excluding steroid dienone is 2. The Kier molecular flexibility index (Phi) is 7.21. The SMILES string of the molecule is COC(=O)C1=C(C(=O)OC)N(c2cc(OC)c(C(=O)OC)cc2I)C=CC=C1. The molecule has 0 radical (unpaired) electrons. The largest absolute Gasteiger partial charge is 0.496 e. The number of hydrogen-bond acceptors (Lipinski definition) is 8. The molecule has 1 aromatic carbocycles. The summed E-state index contributed by atoms with van der Waals surface area (Å²) >= 11 is 2.01. The van der Waals surface area contributed by atoms with Crippen LogP contribution in [0.15, 0.2) is 47.8 Å². The van der Waals surface area contributed by atoms with E-state index in [4.69, 9.17) is 18.9 Å². The summed E-state index contributed by atoms with van der Waals surface area (Å²) < 4.78 is 20.4. The highest BCUT2D eigenvalue weighted by Gasteiger charge is 2.29. The normalized spacial score (nSPS) is 13.1. The van der Waals surface area contributed by atoms with Crippen LogP contribution in [-0.4, -0.2) is 46.3 Å². The van der Waals surface area contributed by atoms with Gasteiger partial charge in [0.15, 0.2) is 0 Å². The van der Waals surface area contributed by atoms with Gasteiger partial charge in [0.05, 0.1) is 39.7 Å². The molecule has 0 atom stereocenters. The molecule has 0 N–H and O–H groups in total. The van der Waals surface area contributed by atoms with Gasteiger partial charge in [-0.25, -0.2) is 14.4 Å². The molecule has 0 aliphatic carbocycles. The van der Waals surface area contributed by atoms with E-state index in [0.29, 0.717) is 9.26 Å². The highest BCUT2D eigenvalue weighted by molar-refractivity contribution is 14.1. The summed E-state index contributed by atoms with van der Waals surface area (Å²) in [5.41, 5.74) is 0.704.